The number of ketones is 1. The number of carbonyl (C=O) groups excluding carboxylic acids is 1. The highest BCUT2D eigenvalue weighted by molar-refractivity contribution is 5.97. The maximum Gasteiger partial charge on any atom is 0.163 e. The molecule has 2 N–H and O–H groups in total. The highest BCUT2D eigenvalue weighted by atomic mass is 16.1. The number of nitrogens with zero attached hydrogens (tertiary/aromatic N) is 3. The second kappa shape index (κ2) is 9.35. The summed E-state index contributed by atoms with van der Waals surface area (Å²) in [6.45, 7) is 4.19. The Balaban J connectivity index is 1.36. The zero-order valence-electron chi connectivity index (χ0n) is 18.7. The topological polar surface area (TPSA) is 70.2 Å². The number of carbonyl (C=O) groups is 1. The van der Waals surface area contributed by atoms with Crippen molar-refractivity contribution in [2.45, 2.75) is 31.7 Å². The Hall–Kier alpha value is -2.83. The van der Waals surface area contributed by atoms with Gasteiger partial charge in [-0.25, -0.2) is 4.98 Å². The third kappa shape index (κ3) is 4.66. The predicted octanol–water partition coefficient (Wildman–Crippen LogP) is 3.99. The van der Waals surface area contributed by atoms with Gasteiger partial charge in [0.1, 0.15) is 0 Å². The molecule has 2 saturated heterocycles. The molecule has 0 amide bonds. The monoisotopic (exact) mass is 429 g/mol. The summed E-state index contributed by atoms with van der Waals surface area (Å²) in [6.07, 6.45) is 7.64. The fraction of sp³-hybridized carbons (Fsp3) is 0.423. The summed E-state index contributed by atoms with van der Waals surface area (Å²) < 4.78 is 0. The molecule has 0 saturated carbocycles. The maximum absolute atomic E-state index is 12.8. The second-order valence-corrected chi connectivity index (χ2v) is 9.23. The van der Waals surface area contributed by atoms with E-state index in [1.54, 1.807) is 6.20 Å². The van der Waals surface area contributed by atoms with E-state index in [4.69, 9.17) is 4.98 Å². The Labute approximate surface area is 189 Å². The van der Waals surface area contributed by atoms with Gasteiger partial charge in [0.2, 0.25) is 0 Å². The van der Waals surface area contributed by atoms with E-state index in [0.717, 1.165) is 78.9 Å². The number of anilines is 1. The van der Waals surface area contributed by atoms with Crippen molar-refractivity contribution in [3.05, 3.63) is 54.4 Å². The molecule has 1 aromatic carbocycles. The molecule has 1 atom stereocenters. The fourth-order valence-electron chi connectivity index (χ4n) is 4.81. The number of piperidine rings is 1. The quantitative estimate of drug-likeness (QED) is 0.578. The molecule has 2 aromatic heterocycles. The number of nitrogens with one attached hydrogen (secondary N) is 2. The molecule has 6 nitrogen and oxygen atoms in total. The minimum absolute atomic E-state index is 0.250. The van der Waals surface area contributed by atoms with Gasteiger partial charge in [-0.1, -0.05) is 24.3 Å². The van der Waals surface area contributed by atoms with Crippen LogP contribution in [0.3, 0.4) is 0 Å². The Morgan fingerprint density at radius 2 is 1.97 bits per heavy atom. The third-order valence-electron chi connectivity index (χ3n) is 6.84. The average molecular weight is 430 g/mol. The molecule has 166 valence electrons. The van der Waals surface area contributed by atoms with Crippen LogP contribution in [0.5, 0.6) is 0 Å². The van der Waals surface area contributed by atoms with Crippen LogP contribution in [0.2, 0.25) is 0 Å². The van der Waals surface area contributed by atoms with Crippen LogP contribution in [0.1, 0.15) is 36.0 Å². The third-order valence-corrected chi connectivity index (χ3v) is 6.84. The van der Waals surface area contributed by atoms with Gasteiger partial charge in [-0.2, -0.15) is 0 Å². The van der Waals surface area contributed by atoms with E-state index in [1.807, 2.05) is 36.5 Å². The Morgan fingerprint density at radius 1 is 1.16 bits per heavy atom. The lowest BCUT2D eigenvalue weighted by atomic mass is 9.90. The van der Waals surface area contributed by atoms with E-state index in [0.29, 0.717) is 18.4 Å². The van der Waals surface area contributed by atoms with Gasteiger partial charge in [0.05, 0.1) is 11.2 Å². The number of rotatable bonds is 6. The van der Waals surface area contributed by atoms with Crippen LogP contribution >= 0.6 is 0 Å². The van der Waals surface area contributed by atoms with Gasteiger partial charge in [0.15, 0.2) is 5.78 Å². The van der Waals surface area contributed by atoms with Crippen LogP contribution in [0.4, 0.5) is 5.69 Å². The molecular formula is C26H31N5O. The lowest BCUT2D eigenvalue weighted by Crippen LogP contribution is -2.31. The van der Waals surface area contributed by atoms with Gasteiger partial charge in [-0.05, 0) is 64.0 Å². The largest absolute Gasteiger partial charge is 0.380 e. The lowest BCUT2D eigenvalue weighted by Gasteiger charge is -2.28. The molecule has 2 aliphatic rings. The minimum Gasteiger partial charge on any atom is -0.380 e. The van der Waals surface area contributed by atoms with E-state index < -0.39 is 0 Å². The van der Waals surface area contributed by atoms with Crippen LogP contribution in [0.25, 0.3) is 22.2 Å². The van der Waals surface area contributed by atoms with Gasteiger partial charge in [0.25, 0.3) is 0 Å². The molecule has 5 rings (SSSR count). The standard InChI is InChI=1S/C26H31N5O/c1-31-12-8-18(9-13-31)14-26(32)20-4-2-19(3-5-20)24-15-25(29-21-6-10-27-16-21)22-17-28-11-7-23(22)30-24/h2-5,7,11,15,17-18,21,27H,6,8-10,12-14,16H2,1H3,(H,29,30). The van der Waals surface area contributed by atoms with Crippen molar-refractivity contribution >= 4 is 22.4 Å². The van der Waals surface area contributed by atoms with Gasteiger partial charge >= 0.3 is 0 Å². The van der Waals surface area contributed by atoms with E-state index in [-0.39, 0.29) is 5.78 Å². The number of hydrogen-bond donors (Lipinski definition) is 2. The van der Waals surface area contributed by atoms with Gasteiger partial charge in [-0.15, -0.1) is 0 Å². The summed E-state index contributed by atoms with van der Waals surface area (Å²) in [5.41, 5.74) is 4.72. The molecule has 1 unspecified atom stereocenters. The number of Topliss-reactive ketones (excluding diaryl/α,β-unsaturated/α-hetero) is 1. The van der Waals surface area contributed by atoms with Crippen molar-refractivity contribution in [3.8, 4) is 11.3 Å². The van der Waals surface area contributed by atoms with Gasteiger partial charge in [0, 0.05) is 53.6 Å². The molecule has 6 heteroatoms. The van der Waals surface area contributed by atoms with Crippen molar-refractivity contribution in [1.82, 2.24) is 20.2 Å². The second-order valence-electron chi connectivity index (χ2n) is 9.23. The van der Waals surface area contributed by atoms with Crippen LogP contribution < -0.4 is 10.6 Å². The molecule has 0 aliphatic carbocycles. The first-order chi connectivity index (χ1) is 15.7. The molecular weight excluding hydrogens is 398 g/mol. The number of hydrogen-bond acceptors (Lipinski definition) is 6. The zero-order valence-corrected chi connectivity index (χ0v) is 18.7. The van der Waals surface area contributed by atoms with Crippen LogP contribution in [0, 0.1) is 5.92 Å². The normalized spacial score (nSPS) is 20.0. The van der Waals surface area contributed by atoms with E-state index in [1.165, 1.54) is 0 Å². The molecule has 4 heterocycles. The highest BCUT2D eigenvalue weighted by Gasteiger charge is 2.20. The first-order valence-electron chi connectivity index (χ1n) is 11.7. The van der Waals surface area contributed by atoms with Gasteiger partial charge in [-0.3, -0.25) is 9.78 Å². The number of pyridine rings is 2. The summed E-state index contributed by atoms with van der Waals surface area (Å²) in [6, 6.07) is 12.4. The summed E-state index contributed by atoms with van der Waals surface area (Å²) in [5, 5.41) is 8.11. The molecule has 2 aliphatic heterocycles. The van der Waals surface area contributed by atoms with E-state index in [9.17, 15) is 4.79 Å². The summed E-state index contributed by atoms with van der Waals surface area (Å²) in [5.74, 6) is 0.757. The lowest BCUT2D eigenvalue weighted by molar-refractivity contribution is 0.0936. The summed E-state index contributed by atoms with van der Waals surface area (Å²) >= 11 is 0. The molecule has 0 radical (unpaired) electrons. The molecule has 32 heavy (non-hydrogen) atoms. The predicted molar refractivity (Wildman–Crippen MR) is 129 cm³/mol. The Bertz CT molecular complexity index is 1080. The SMILES string of the molecule is CN1CCC(CC(=O)c2ccc(-c3cc(NC4CCNC4)c4cnccc4n3)cc2)CC1. The Kier molecular flexibility index (Phi) is 6.14. The van der Waals surface area contributed by atoms with Gasteiger partial charge < -0.3 is 15.5 Å². The smallest absolute Gasteiger partial charge is 0.163 e. The molecule has 2 fully saturated rings. The number of benzene rings is 1. The number of likely N-dealkylation sites (tertiary alicyclic amines) is 1. The summed E-state index contributed by atoms with van der Waals surface area (Å²) in [4.78, 5) is 24.3. The van der Waals surface area contributed by atoms with Crippen molar-refractivity contribution < 1.29 is 4.79 Å². The summed E-state index contributed by atoms with van der Waals surface area (Å²) in [7, 11) is 2.15. The van der Waals surface area contributed by atoms with Crippen molar-refractivity contribution in [2.24, 2.45) is 5.92 Å². The number of aromatic nitrogens is 2. The van der Waals surface area contributed by atoms with Crippen molar-refractivity contribution in [1.29, 1.82) is 0 Å². The fourth-order valence-corrected chi connectivity index (χ4v) is 4.81. The van der Waals surface area contributed by atoms with Crippen LogP contribution in [0.15, 0.2) is 48.8 Å². The van der Waals surface area contributed by atoms with E-state index in [2.05, 4.69) is 33.6 Å². The van der Waals surface area contributed by atoms with E-state index >= 15 is 0 Å². The first kappa shape index (κ1) is 21.0. The minimum atomic E-state index is 0.250. The van der Waals surface area contributed by atoms with Crippen LogP contribution in [-0.2, 0) is 0 Å². The Morgan fingerprint density at radius 3 is 2.72 bits per heavy atom. The number of fused-ring (bicyclic) bond motifs is 1. The van der Waals surface area contributed by atoms with Crippen LogP contribution in [-0.4, -0.2) is 59.9 Å². The average Bonchev–Trinajstić information content (AvgIpc) is 3.34. The highest BCUT2D eigenvalue weighted by Crippen LogP contribution is 2.29. The van der Waals surface area contributed by atoms with Crippen molar-refractivity contribution in [3.63, 3.8) is 0 Å². The van der Waals surface area contributed by atoms with Crippen molar-refractivity contribution in [2.75, 3.05) is 38.5 Å². The first-order valence-corrected chi connectivity index (χ1v) is 11.7. The molecule has 0 spiro atoms. The zero-order chi connectivity index (χ0) is 21.9. The molecule has 0 bridgehead atoms. The maximum atomic E-state index is 12.8. The molecule has 3 aromatic rings.